The van der Waals surface area contributed by atoms with Crippen molar-refractivity contribution in [3.8, 4) is 5.75 Å². The maximum absolute atomic E-state index is 11.8. The minimum Gasteiger partial charge on any atom is -0.491 e. The number of anilines is 2. The van der Waals surface area contributed by atoms with Crippen LogP contribution in [0.15, 0.2) is 18.2 Å². The highest BCUT2D eigenvalue weighted by molar-refractivity contribution is 7.92. The molecule has 1 aliphatic heterocycles. The van der Waals surface area contributed by atoms with Crippen molar-refractivity contribution in [1.29, 1.82) is 0 Å². The smallest absolute Gasteiger partial charge is 0.154 e. The molecular weight excluding hydrogens is 276 g/mol. The number of hydrogen-bond donors (Lipinski definition) is 2. The molecular formula is C14H22N2O3S. The molecule has 2 rings (SSSR count). The second kappa shape index (κ2) is 5.91. The van der Waals surface area contributed by atoms with Gasteiger partial charge in [0, 0.05) is 30.1 Å². The molecule has 1 atom stereocenters. The van der Waals surface area contributed by atoms with E-state index in [1.165, 1.54) is 0 Å². The Balaban J connectivity index is 2.04. The Hall–Kier alpha value is -1.43. The average Bonchev–Trinajstić information content (AvgIpc) is 2.64. The maximum atomic E-state index is 11.8. The van der Waals surface area contributed by atoms with Gasteiger partial charge in [0.25, 0.3) is 0 Å². The van der Waals surface area contributed by atoms with E-state index < -0.39 is 9.84 Å². The standard InChI is InChI=1S/C14H22N2O3S/c1-10(2)19-13-7-11(15)6-12(8-13)16-9-14-4-3-5-20(14,17)18/h6-8,10,14,16H,3-5,9,15H2,1-2H3. The summed E-state index contributed by atoms with van der Waals surface area (Å²) >= 11 is 0. The Labute approximate surface area is 120 Å². The van der Waals surface area contributed by atoms with Crippen LogP contribution in [0.2, 0.25) is 0 Å². The van der Waals surface area contributed by atoms with E-state index in [9.17, 15) is 8.42 Å². The van der Waals surface area contributed by atoms with Gasteiger partial charge in [0.05, 0.1) is 17.1 Å². The highest BCUT2D eigenvalue weighted by atomic mass is 32.2. The second-order valence-corrected chi connectivity index (χ2v) is 7.87. The van der Waals surface area contributed by atoms with Crippen molar-refractivity contribution >= 4 is 21.2 Å². The highest BCUT2D eigenvalue weighted by Gasteiger charge is 2.30. The summed E-state index contributed by atoms with van der Waals surface area (Å²) in [6, 6.07) is 5.39. The van der Waals surface area contributed by atoms with Gasteiger partial charge in [-0.1, -0.05) is 0 Å². The van der Waals surface area contributed by atoms with Gasteiger partial charge >= 0.3 is 0 Å². The van der Waals surface area contributed by atoms with Gasteiger partial charge in [-0.05, 0) is 32.8 Å². The fraction of sp³-hybridized carbons (Fsp3) is 0.571. The zero-order valence-electron chi connectivity index (χ0n) is 11.9. The van der Waals surface area contributed by atoms with Crippen molar-refractivity contribution < 1.29 is 13.2 Å². The SMILES string of the molecule is CC(C)Oc1cc(N)cc(NCC2CCCS2(=O)=O)c1. The first-order valence-electron chi connectivity index (χ1n) is 6.89. The number of nitrogens with two attached hydrogens (primary N) is 1. The summed E-state index contributed by atoms with van der Waals surface area (Å²) in [7, 11) is -2.92. The molecule has 3 N–H and O–H groups in total. The van der Waals surface area contributed by atoms with E-state index in [4.69, 9.17) is 10.5 Å². The summed E-state index contributed by atoms with van der Waals surface area (Å²) in [6.07, 6.45) is 1.56. The first-order valence-corrected chi connectivity index (χ1v) is 8.61. The lowest BCUT2D eigenvalue weighted by Crippen LogP contribution is -2.25. The Morgan fingerprint density at radius 1 is 1.40 bits per heavy atom. The lowest BCUT2D eigenvalue weighted by Gasteiger charge is -2.15. The van der Waals surface area contributed by atoms with E-state index in [1.807, 2.05) is 19.9 Å². The molecule has 0 aliphatic carbocycles. The molecule has 1 saturated heterocycles. The molecule has 1 fully saturated rings. The third-order valence-corrected chi connectivity index (χ3v) is 5.57. The van der Waals surface area contributed by atoms with Gasteiger partial charge in [-0.2, -0.15) is 0 Å². The Morgan fingerprint density at radius 2 is 2.15 bits per heavy atom. The number of sulfone groups is 1. The van der Waals surface area contributed by atoms with Crippen LogP contribution in [-0.2, 0) is 9.84 Å². The first-order chi connectivity index (χ1) is 9.37. The van der Waals surface area contributed by atoms with E-state index in [0.717, 1.165) is 18.5 Å². The fourth-order valence-corrected chi connectivity index (χ4v) is 4.15. The predicted molar refractivity (Wildman–Crippen MR) is 81.9 cm³/mol. The number of ether oxygens (including phenoxy) is 1. The molecule has 0 radical (unpaired) electrons. The number of benzene rings is 1. The summed E-state index contributed by atoms with van der Waals surface area (Å²) < 4.78 is 29.2. The third kappa shape index (κ3) is 3.79. The molecule has 20 heavy (non-hydrogen) atoms. The van der Waals surface area contributed by atoms with Crippen molar-refractivity contribution in [3.05, 3.63) is 18.2 Å². The van der Waals surface area contributed by atoms with E-state index >= 15 is 0 Å². The highest BCUT2D eigenvalue weighted by Crippen LogP contribution is 2.25. The molecule has 0 aromatic heterocycles. The summed E-state index contributed by atoms with van der Waals surface area (Å²) in [6.45, 7) is 4.32. The lowest BCUT2D eigenvalue weighted by molar-refractivity contribution is 0.242. The topological polar surface area (TPSA) is 81.4 Å². The van der Waals surface area contributed by atoms with Crippen LogP contribution in [0.1, 0.15) is 26.7 Å². The molecule has 1 heterocycles. The second-order valence-electron chi connectivity index (χ2n) is 5.47. The Kier molecular flexibility index (Phi) is 4.42. The van der Waals surface area contributed by atoms with Crippen LogP contribution in [0.5, 0.6) is 5.75 Å². The average molecular weight is 298 g/mol. The van der Waals surface area contributed by atoms with Gasteiger partial charge in [0.1, 0.15) is 5.75 Å². The van der Waals surface area contributed by atoms with Gasteiger partial charge in [0.2, 0.25) is 0 Å². The summed E-state index contributed by atoms with van der Waals surface area (Å²) in [4.78, 5) is 0. The zero-order valence-corrected chi connectivity index (χ0v) is 12.7. The van der Waals surface area contributed by atoms with Crippen molar-refractivity contribution in [3.63, 3.8) is 0 Å². The van der Waals surface area contributed by atoms with Crippen molar-refractivity contribution in [2.45, 2.75) is 38.0 Å². The number of nitrogens with one attached hydrogen (secondary N) is 1. The molecule has 6 heteroatoms. The number of hydrogen-bond acceptors (Lipinski definition) is 5. The monoisotopic (exact) mass is 298 g/mol. The van der Waals surface area contributed by atoms with Crippen molar-refractivity contribution in [1.82, 2.24) is 0 Å². The Bertz CT molecular complexity index is 570. The van der Waals surface area contributed by atoms with Gasteiger partial charge in [-0.25, -0.2) is 8.42 Å². The van der Waals surface area contributed by atoms with Crippen LogP contribution in [0.25, 0.3) is 0 Å². The lowest BCUT2D eigenvalue weighted by atomic mass is 10.2. The molecule has 112 valence electrons. The molecule has 0 saturated carbocycles. The minimum absolute atomic E-state index is 0.0693. The van der Waals surface area contributed by atoms with Crippen LogP contribution in [0.4, 0.5) is 11.4 Å². The molecule has 0 spiro atoms. The fourth-order valence-electron chi connectivity index (χ4n) is 2.38. The van der Waals surface area contributed by atoms with E-state index in [-0.39, 0.29) is 11.4 Å². The Morgan fingerprint density at radius 3 is 2.75 bits per heavy atom. The van der Waals surface area contributed by atoms with E-state index in [1.54, 1.807) is 12.1 Å². The number of nitrogen functional groups attached to an aromatic ring is 1. The van der Waals surface area contributed by atoms with Crippen LogP contribution < -0.4 is 15.8 Å². The van der Waals surface area contributed by atoms with Gasteiger partial charge < -0.3 is 15.8 Å². The minimum atomic E-state index is -2.92. The van der Waals surface area contributed by atoms with Crippen LogP contribution in [-0.4, -0.2) is 32.1 Å². The van der Waals surface area contributed by atoms with Crippen LogP contribution >= 0.6 is 0 Å². The third-order valence-electron chi connectivity index (χ3n) is 3.30. The summed E-state index contributed by atoms with van der Waals surface area (Å²) in [5, 5.41) is 2.86. The quantitative estimate of drug-likeness (QED) is 0.813. The van der Waals surface area contributed by atoms with Gasteiger partial charge in [-0.15, -0.1) is 0 Å². The van der Waals surface area contributed by atoms with Crippen molar-refractivity contribution in [2.24, 2.45) is 0 Å². The van der Waals surface area contributed by atoms with Crippen LogP contribution in [0, 0.1) is 0 Å². The van der Waals surface area contributed by atoms with Gasteiger partial charge in [0.15, 0.2) is 9.84 Å². The zero-order chi connectivity index (χ0) is 14.8. The largest absolute Gasteiger partial charge is 0.491 e. The van der Waals surface area contributed by atoms with Gasteiger partial charge in [-0.3, -0.25) is 0 Å². The maximum Gasteiger partial charge on any atom is 0.154 e. The van der Waals surface area contributed by atoms with E-state index in [0.29, 0.717) is 23.7 Å². The molecule has 1 aliphatic rings. The predicted octanol–water partition coefficient (Wildman–Crippen LogP) is 2.05. The molecule has 5 nitrogen and oxygen atoms in total. The number of rotatable bonds is 5. The molecule has 1 unspecified atom stereocenters. The first kappa shape index (κ1) is 15.0. The van der Waals surface area contributed by atoms with Crippen LogP contribution in [0.3, 0.4) is 0 Å². The molecule has 0 amide bonds. The summed E-state index contributed by atoms with van der Waals surface area (Å²) in [5.74, 6) is 0.995. The molecule has 0 bridgehead atoms. The normalized spacial score (nSPS) is 21.1. The molecule has 1 aromatic carbocycles. The van der Waals surface area contributed by atoms with Crippen molar-refractivity contribution in [2.75, 3.05) is 23.3 Å². The summed E-state index contributed by atoms with van der Waals surface area (Å²) in [5.41, 5.74) is 7.23. The van der Waals surface area contributed by atoms with E-state index in [2.05, 4.69) is 5.32 Å². The molecule has 1 aromatic rings.